The number of carbonyl (C=O) groups excluding carboxylic acids is 1. The molecule has 4 nitrogen and oxygen atoms in total. The quantitative estimate of drug-likeness (QED) is 0.516. The number of carbonyl (C=O) groups is 1. The molecule has 0 radical (unpaired) electrons. The molecule has 1 heterocycles. The number of amides is 1. The number of hydrogen-bond donors (Lipinski definition) is 1. The van der Waals surface area contributed by atoms with E-state index < -0.39 is 0 Å². The van der Waals surface area contributed by atoms with Crippen LogP contribution < -0.4 is 5.32 Å². The number of aromatic nitrogens is 2. The molecule has 3 aromatic rings. The molecule has 24 heavy (non-hydrogen) atoms. The minimum absolute atomic E-state index is 0.0569. The van der Waals surface area contributed by atoms with Crippen molar-refractivity contribution in [2.24, 2.45) is 0 Å². The van der Waals surface area contributed by atoms with Gasteiger partial charge in [0.05, 0.1) is 10.9 Å². The Labute approximate surface area is 153 Å². The van der Waals surface area contributed by atoms with Crippen LogP contribution in [0.2, 0.25) is 0 Å². The second-order valence-electron chi connectivity index (χ2n) is 5.00. The summed E-state index contributed by atoms with van der Waals surface area (Å²) in [5.74, 6) is -0.0569. The van der Waals surface area contributed by atoms with Crippen molar-refractivity contribution < 1.29 is 4.79 Å². The zero-order valence-electron chi connectivity index (χ0n) is 12.9. The Hall–Kier alpha value is -1.96. The first kappa shape index (κ1) is 16.9. The third kappa shape index (κ3) is 4.11. The van der Waals surface area contributed by atoms with E-state index in [0.29, 0.717) is 3.95 Å². The summed E-state index contributed by atoms with van der Waals surface area (Å²) in [7, 11) is 0. The van der Waals surface area contributed by atoms with Crippen molar-refractivity contribution in [1.29, 1.82) is 0 Å². The number of para-hydroxylation sites is 2. The summed E-state index contributed by atoms with van der Waals surface area (Å²) in [6, 6.07) is 19.2. The summed E-state index contributed by atoms with van der Waals surface area (Å²) in [4.78, 5) is 12.3. The highest BCUT2D eigenvalue weighted by molar-refractivity contribution is 8.02. The van der Waals surface area contributed by atoms with Crippen LogP contribution in [-0.4, -0.2) is 20.9 Å². The van der Waals surface area contributed by atoms with E-state index in [1.54, 1.807) is 4.68 Å². The lowest BCUT2D eigenvalue weighted by atomic mass is 10.3. The van der Waals surface area contributed by atoms with Crippen LogP contribution in [0, 0.1) is 3.95 Å². The van der Waals surface area contributed by atoms with Gasteiger partial charge in [-0.05, 0) is 43.4 Å². The molecule has 2 aromatic carbocycles. The monoisotopic (exact) mass is 373 g/mol. The summed E-state index contributed by atoms with van der Waals surface area (Å²) in [5.41, 5.74) is 1.71. The molecule has 0 aliphatic rings. The van der Waals surface area contributed by atoms with Crippen LogP contribution in [0.1, 0.15) is 6.92 Å². The van der Waals surface area contributed by atoms with Crippen molar-refractivity contribution in [1.82, 2.24) is 9.78 Å². The van der Waals surface area contributed by atoms with Gasteiger partial charge in [0.15, 0.2) is 8.29 Å². The van der Waals surface area contributed by atoms with Crippen LogP contribution in [0.3, 0.4) is 0 Å². The number of nitrogens with zero attached hydrogens (tertiary/aromatic N) is 2. The van der Waals surface area contributed by atoms with E-state index in [-0.39, 0.29) is 11.2 Å². The van der Waals surface area contributed by atoms with Gasteiger partial charge in [-0.3, -0.25) is 4.79 Å². The molecule has 0 saturated carbocycles. The van der Waals surface area contributed by atoms with Gasteiger partial charge >= 0.3 is 0 Å². The minimum atomic E-state index is -0.269. The molecular formula is C17H15N3OS3. The topological polar surface area (TPSA) is 46.9 Å². The van der Waals surface area contributed by atoms with Gasteiger partial charge in [0.25, 0.3) is 0 Å². The van der Waals surface area contributed by atoms with E-state index in [9.17, 15) is 4.79 Å². The number of benzene rings is 2. The summed E-state index contributed by atoms with van der Waals surface area (Å²) >= 11 is 8.20. The van der Waals surface area contributed by atoms with E-state index in [0.717, 1.165) is 15.7 Å². The standard InChI is InChI=1S/C17H15N3OS3/c1-12(15(21)18-13-8-4-2-5-9-13)23-16-19-20(17(22)24-16)14-10-6-3-7-11-14/h2-12H,1H3,(H,18,21)/t12-/m0/s1. The molecule has 0 spiro atoms. The van der Waals surface area contributed by atoms with Crippen LogP contribution in [0.5, 0.6) is 0 Å². The first-order chi connectivity index (χ1) is 11.6. The van der Waals surface area contributed by atoms with Crippen molar-refractivity contribution in [3.63, 3.8) is 0 Å². The summed E-state index contributed by atoms with van der Waals surface area (Å²) in [6.45, 7) is 1.86. The SMILES string of the molecule is C[C@H](Sc1nn(-c2ccccc2)c(=S)s1)C(=O)Nc1ccccc1. The second kappa shape index (κ2) is 7.74. The average Bonchev–Trinajstić information content (AvgIpc) is 2.97. The lowest BCUT2D eigenvalue weighted by Crippen LogP contribution is -2.22. The van der Waals surface area contributed by atoms with Gasteiger partial charge in [0.2, 0.25) is 5.91 Å². The normalized spacial score (nSPS) is 11.9. The van der Waals surface area contributed by atoms with Gasteiger partial charge < -0.3 is 5.32 Å². The van der Waals surface area contributed by atoms with Crippen molar-refractivity contribution in [2.75, 3.05) is 5.32 Å². The van der Waals surface area contributed by atoms with Gasteiger partial charge in [-0.15, -0.1) is 5.10 Å². The Morgan fingerprint density at radius 2 is 1.79 bits per heavy atom. The van der Waals surface area contributed by atoms with Crippen molar-refractivity contribution in [3.8, 4) is 5.69 Å². The second-order valence-corrected chi connectivity index (χ2v) is 8.21. The Morgan fingerprint density at radius 3 is 2.46 bits per heavy atom. The van der Waals surface area contributed by atoms with Crippen LogP contribution in [0.4, 0.5) is 5.69 Å². The zero-order chi connectivity index (χ0) is 16.9. The molecule has 3 rings (SSSR count). The number of thioether (sulfide) groups is 1. The minimum Gasteiger partial charge on any atom is -0.325 e. The maximum Gasteiger partial charge on any atom is 0.237 e. The Morgan fingerprint density at radius 1 is 1.17 bits per heavy atom. The first-order valence-electron chi connectivity index (χ1n) is 7.31. The smallest absolute Gasteiger partial charge is 0.237 e. The first-order valence-corrected chi connectivity index (χ1v) is 9.42. The molecule has 0 aliphatic carbocycles. The largest absolute Gasteiger partial charge is 0.325 e. The molecule has 0 unspecified atom stereocenters. The Kier molecular flexibility index (Phi) is 5.44. The highest BCUT2D eigenvalue weighted by atomic mass is 32.2. The predicted octanol–water partition coefficient (Wildman–Crippen LogP) is 4.78. The van der Waals surface area contributed by atoms with Crippen LogP contribution in [0.25, 0.3) is 5.69 Å². The van der Waals surface area contributed by atoms with Crippen LogP contribution >= 0.6 is 35.3 Å². The fraction of sp³-hybridized carbons (Fsp3) is 0.118. The molecule has 1 N–H and O–H groups in total. The van der Waals surface area contributed by atoms with Crippen molar-refractivity contribution in [3.05, 3.63) is 64.6 Å². The molecule has 1 aromatic heterocycles. The fourth-order valence-corrected chi connectivity index (χ4v) is 4.52. The Balaban J connectivity index is 1.70. The maximum absolute atomic E-state index is 12.3. The summed E-state index contributed by atoms with van der Waals surface area (Å²) < 4.78 is 3.17. The highest BCUT2D eigenvalue weighted by Crippen LogP contribution is 2.28. The third-order valence-electron chi connectivity index (χ3n) is 3.22. The van der Waals surface area contributed by atoms with E-state index >= 15 is 0 Å². The highest BCUT2D eigenvalue weighted by Gasteiger charge is 2.17. The molecule has 122 valence electrons. The number of hydrogen-bond acceptors (Lipinski definition) is 5. The molecule has 7 heteroatoms. The van der Waals surface area contributed by atoms with Crippen molar-refractivity contribution in [2.45, 2.75) is 16.5 Å². The van der Waals surface area contributed by atoms with Crippen LogP contribution in [0.15, 0.2) is 65.0 Å². The summed E-state index contributed by atoms with van der Waals surface area (Å²) in [6.07, 6.45) is 0. The third-order valence-corrected chi connectivity index (χ3v) is 5.63. The van der Waals surface area contributed by atoms with Gasteiger partial charge in [-0.25, -0.2) is 4.68 Å². The lowest BCUT2D eigenvalue weighted by Gasteiger charge is -2.10. The van der Waals surface area contributed by atoms with E-state index in [4.69, 9.17) is 12.2 Å². The molecule has 1 amide bonds. The molecule has 0 bridgehead atoms. The van der Waals surface area contributed by atoms with Gasteiger partial charge in [0, 0.05) is 5.69 Å². The zero-order valence-corrected chi connectivity index (χ0v) is 15.3. The predicted molar refractivity (Wildman–Crippen MR) is 103 cm³/mol. The molecule has 0 aliphatic heterocycles. The molecular weight excluding hydrogens is 358 g/mol. The number of rotatable bonds is 5. The molecule has 0 saturated heterocycles. The average molecular weight is 374 g/mol. The summed E-state index contributed by atoms with van der Waals surface area (Å²) in [5, 5.41) is 7.15. The van der Waals surface area contributed by atoms with E-state index in [1.807, 2.05) is 67.6 Å². The lowest BCUT2D eigenvalue weighted by molar-refractivity contribution is -0.115. The maximum atomic E-state index is 12.3. The fourth-order valence-electron chi connectivity index (χ4n) is 2.01. The molecule has 0 fully saturated rings. The van der Waals surface area contributed by atoms with Crippen molar-refractivity contribution >= 4 is 46.9 Å². The van der Waals surface area contributed by atoms with Gasteiger partial charge in [-0.2, -0.15) is 0 Å². The van der Waals surface area contributed by atoms with Gasteiger partial charge in [-0.1, -0.05) is 59.5 Å². The van der Waals surface area contributed by atoms with Crippen LogP contribution in [-0.2, 0) is 4.79 Å². The molecule has 1 atom stereocenters. The number of nitrogens with one attached hydrogen (secondary N) is 1. The van der Waals surface area contributed by atoms with E-state index in [2.05, 4.69) is 10.4 Å². The Bertz CT molecular complexity index is 875. The van der Waals surface area contributed by atoms with Gasteiger partial charge in [0.1, 0.15) is 0 Å². The van der Waals surface area contributed by atoms with E-state index in [1.165, 1.54) is 23.1 Å². The number of anilines is 1.